The molecular formula is C33H36N4O7S2. The molecule has 2 aromatic carbocycles. The minimum Gasteiger partial charge on any atom is -0.460 e. The lowest BCUT2D eigenvalue weighted by atomic mass is 9.85. The van der Waals surface area contributed by atoms with Crippen LogP contribution in [0, 0.1) is 5.41 Å². The molecule has 0 N–H and O–H groups in total. The summed E-state index contributed by atoms with van der Waals surface area (Å²) in [6, 6.07) is 18.7. The molecule has 0 bridgehead atoms. The molecule has 0 spiro atoms. The molecule has 0 aliphatic carbocycles. The van der Waals surface area contributed by atoms with E-state index in [-0.39, 0.29) is 28.7 Å². The molecule has 2 aliphatic heterocycles. The minimum atomic E-state index is -4.33. The highest BCUT2D eigenvalue weighted by Gasteiger charge is 2.68. The summed E-state index contributed by atoms with van der Waals surface area (Å²) in [5, 5.41) is 2.90. The number of amides is 1. The molecule has 1 amide bonds. The third-order valence-electron chi connectivity index (χ3n) is 8.09. The highest BCUT2D eigenvalue weighted by Crippen LogP contribution is 2.55. The van der Waals surface area contributed by atoms with Crippen molar-refractivity contribution in [3.05, 3.63) is 106 Å². The summed E-state index contributed by atoms with van der Waals surface area (Å²) >= 11 is 0.769. The molecule has 0 saturated carbocycles. The van der Waals surface area contributed by atoms with Crippen LogP contribution in [0.25, 0.3) is 0 Å². The van der Waals surface area contributed by atoms with Gasteiger partial charge >= 0.3 is 11.4 Å². The lowest BCUT2D eigenvalue weighted by Gasteiger charge is -2.54. The standard InChI is InChI=1S/C33H36N4O7S2/c1-8-19-33(20(2)23(26(38)32(3,4)5)37-29(40)25(43-7)30(37)46(33,41)42)45-31-34-27(39)28(35-36(31)6)44-24(21-15-11-9-12-16-21)22-17-13-10-14-18-22/h8-18,24-25,30H,1,19H2,2-7H3/t25-,30-,33?/m0/s1. The minimum absolute atomic E-state index is 0.00792. The fourth-order valence-electron chi connectivity index (χ4n) is 5.67. The average Bonchev–Trinajstić information content (AvgIpc) is 3.01. The predicted octanol–water partition coefficient (Wildman–Crippen LogP) is 4.21. The van der Waals surface area contributed by atoms with Gasteiger partial charge in [0.05, 0.1) is 5.70 Å². The molecular weight excluding hydrogens is 629 g/mol. The van der Waals surface area contributed by atoms with Crippen LogP contribution in [0.5, 0.6) is 5.88 Å². The maximum Gasteiger partial charge on any atom is 0.336 e. The average molecular weight is 665 g/mol. The number of methoxy groups -OCH3 is 1. The van der Waals surface area contributed by atoms with E-state index in [0.29, 0.717) is 0 Å². The first kappa shape index (κ1) is 33.3. The van der Waals surface area contributed by atoms with Crippen molar-refractivity contribution in [2.24, 2.45) is 12.5 Å². The summed E-state index contributed by atoms with van der Waals surface area (Å²) in [5.41, 5.74) is -0.0324. The molecule has 2 aliphatic rings. The van der Waals surface area contributed by atoms with Crippen molar-refractivity contribution < 1.29 is 27.5 Å². The number of hydrogen-bond acceptors (Lipinski definition) is 10. The van der Waals surface area contributed by atoms with Crippen molar-refractivity contribution in [3.63, 3.8) is 0 Å². The number of ether oxygens (including phenoxy) is 2. The fraction of sp³-hybridized carbons (Fsp3) is 0.364. The Kier molecular flexibility index (Phi) is 8.88. The fourth-order valence-corrected chi connectivity index (χ4v) is 10.0. The van der Waals surface area contributed by atoms with Gasteiger partial charge in [-0.2, -0.15) is 4.98 Å². The summed E-state index contributed by atoms with van der Waals surface area (Å²) < 4.78 is 39.9. The number of nitrogens with zero attached hydrogens (tertiary/aromatic N) is 4. The Morgan fingerprint density at radius 2 is 1.65 bits per heavy atom. The van der Waals surface area contributed by atoms with Gasteiger partial charge in [-0.3, -0.25) is 19.3 Å². The van der Waals surface area contributed by atoms with Crippen molar-refractivity contribution in [2.45, 2.75) is 60.9 Å². The lowest BCUT2D eigenvalue weighted by Crippen LogP contribution is -2.74. The van der Waals surface area contributed by atoms with Crippen LogP contribution in [0.2, 0.25) is 0 Å². The number of carbonyl (C=O) groups is 2. The number of rotatable bonds is 10. The Morgan fingerprint density at radius 1 is 1.09 bits per heavy atom. The molecule has 5 rings (SSSR count). The van der Waals surface area contributed by atoms with E-state index in [1.54, 1.807) is 20.8 Å². The Morgan fingerprint density at radius 3 is 2.15 bits per heavy atom. The highest BCUT2D eigenvalue weighted by molar-refractivity contribution is 8.15. The third-order valence-corrected chi connectivity index (χ3v) is 12.9. The number of Topliss-reactive ketones (excluding diaryl/α,β-unsaturated/α-hetero) is 1. The molecule has 242 valence electrons. The SMILES string of the molecule is C=CCC1(Sc2nc(=O)c(OC(c3ccccc3)c3ccccc3)nn2C)C(C)=C(C(=O)C(C)(C)C)N2C(=O)[C@H](OC)[C@@H]2S1(=O)=O. The number of sulfone groups is 1. The molecule has 3 heterocycles. The molecule has 1 unspecified atom stereocenters. The molecule has 1 saturated heterocycles. The van der Waals surface area contributed by atoms with Gasteiger partial charge < -0.3 is 9.47 Å². The summed E-state index contributed by atoms with van der Waals surface area (Å²) in [4.78, 5) is 45.6. The van der Waals surface area contributed by atoms with Crippen LogP contribution >= 0.6 is 11.8 Å². The second kappa shape index (κ2) is 12.3. The normalized spacial score (nSPS) is 22.3. The monoisotopic (exact) mass is 664 g/mol. The van der Waals surface area contributed by atoms with Gasteiger partial charge in [-0.1, -0.05) is 99.3 Å². The number of ketones is 1. The van der Waals surface area contributed by atoms with Gasteiger partial charge in [0.1, 0.15) is 0 Å². The Hall–Kier alpha value is -4.07. The maximum atomic E-state index is 14.5. The van der Waals surface area contributed by atoms with Crippen LogP contribution in [0.4, 0.5) is 0 Å². The largest absolute Gasteiger partial charge is 0.460 e. The highest BCUT2D eigenvalue weighted by atomic mass is 32.3. The first-order valence-electron chi connectivity index (χ1n) is 14.6. The van der Waals surface area contributed by atoms with E-state index < -0.39 is 54.2 Å². The number of fused-ring (bicyclic) bond motifs is 1. The summed E-state index contributed by atoms with van der Waals surface area (Å²) in [7, 11) is -1.55. The lowest BCUT2D eigenvalue weighted by molar-refractivity contribution is -0.161. The van der Waals surface area contributed by atoms with Crippen LogP contribution in [0.1, 0.15) is 51.3 Å². The summed E-state index contributed by atoms with van der Waals surface area (Å²) in [6.07, 6.45) is -0.694. The van der Waals surface area contributed by atoms with E-state index in [1.165, 1.54) is 31.8 Å². The van der Waals surface area contributed by atoms with E-state index in [4.69, 9.17) is 9.47 Å². The Bertz CT molecular complexity index is 1850. The first-order chi connectivity index (χ1) is 21.7. The second-order valence-corrected chi connectivity index (χ2v) is 15.9. The van der Waals surface area contributed by atoms with Crippen LogP contribution < -0.4 is 10.3 Å². The van der Waals surface area contributed by atoms with Gasteiger partial charge in [-0.05, 0) is 30.0 Å². The van der Waals surface area contributed by atoms with E-state index in [1.807, 2.05) is 60.7 Å². The van der Waals surface area contributed by atoms with Crippen molar-refractivity contribution >= 4 is 33.3 Å². The molecule has 46 heavy (non-hydrogen) atoms. The number of thioether (sulfide) groups is 1. The number of β-lactam (4-membered cyclic amide) rings is 1. The van der Waals surface area contributed by atoms with E-state index in [0.717, 1.165) is 27.8 Å². The molecule has 0 radical (unpaired) electrons. The van der Waals surface area contributed by atoms with Gasteiger partial charge in [-0.25, -0.2) is 13.1 Å². The van der Waals surface area contributed by atoms with E-state index >= 15 is 0 Å². The summed E-state index contributed by atoms with van der Waals surface area (Å²) in [5.74, 6) is -1.29. The van der Waals surface area contributed by atoms with Gasteiger partial charge in [0.2, 0.25) is 0 Å². The van der Waals surface area contributed by atoms with Crippen molar-refractivity contribution in [1.82, 2.24) is 19.7 Å². The van der Waals surface area contributed by atoms with Gasteiger partial charge in [0.15, 0.2) is 42.4 Å². The van der Waals surface area contributed by atoms with Crippen molar-refractivity contribution in [3.8, 4) is 5.88 Å². The molecule has 13 heteroatoms. The maximum absolute atomic E-state index is 14.5. The molecule has 3 aromatic rings. The molecule has 1 aromatic heterocycles. The van der Waals surface area contributed by atoms with Crippen molar-refractivity contribution in [2.75, 3.05) is 7.11 Å². The number of allylic oxidation sites excluding steroid dienone is 2. The van der Waals surface area contributed by atoms with Crippen molar-refractivity contribution in [1.29, 1.82) is 0 Å². The number of hydrogen-bond donors (Lipinski definition) is 0. The quantitative estimate of drug-likeness (QED) is 0.229. The first-order valence-corrected chi connectivity index (χ1v) is 16.9. The number of aryl methyl sites for hydroxylation is 1. The smallest absolute Gasteiger partial charge is 0.336 e. The third kappa shape index (κ3) is 5.39. The Balaban J connectivity index is 1.62. The number of benzene rings is 2. The van der Waals surface area contributed by atoms with Gasteiger partial charge in [-0.15, -0.1) is 11.7 Å². The van der Waals surface area contributed by atoms with Crippen LogP contribution in [-0.2, 0) is 31.2 Å². The van der Waals surface area contributed by atoms with Crippen LogP contribution in [-0.4, -0.2) is 62.4 Å². The predicted molar refractivity (Wildman–Crippen MR) is 174 cm³/mol. The Labute approximate surface area is 272 Å². The molecule has 11 nitrogen and oxygen atoms in total. The topological polar surface area (TPSA) is 138 Å². The number of carbonyl (C=O) groups excluding carboxylic acids is 2. The summed E-state index contributed by atoms with van der Waals surface area (Å²) in [6.45, 7) is 10.4. The number of aromatic nitrogens is 3. The van der Waals surface area contributed by atoms with Gasteiger partial charge in [0.25, 0.3) is 5.91 Å². The zero-order chi connectivity index (χ0) is 33.6. The van der Waals surface area contributed by atoms with Crippen LogP contribution in [0.15, 0.2) is 94.5 Å². The van der Waals surface area contributed by atoms with E-state index in [9.17, 15) is 22.8 Å². The zero-order valence-corrected chi connectivity index (χ0v) is 28.1. The van der Waals surface area contributed by atoms with Gasteiger partial charge in [0, 0.05) is 19.6 Å². The van der Waals surface area contributed by atoms with E-state index in [2.05, 4.69) is 16.7 Å². The molecule has 1 fully saturated rings. The second-order valence-electron chi connectivity index (χ2n) is 12.1. The molecule has 3 atom stereocenters. The van der Waals surface area contributed by atoms with Crippen LogP contribution in [0.3, 0.4) is 0 Å². The zero-order valence-electron chi connectivity index (χ0n) is 26.5.